The highest BCUT2D eigenvalue weighted by molar-refractivity contribution is 6.03. The third-order valence-corrected chi connectivity index (χ3v) is 4.05. The summed E-state index contributed by atoms with van der Waals surface area (Å²) in [5.74, 6) is 0.578. The van der Waals surface area contributed by atoms with Gasteiger partial charge < -0.3 is 9.73 Å². The fourth-order valence-electron chi connectivity index (χ4n) is 2.82. The van der Waals surface area contributed by atoms with Crippen LogP contribution in [-0.2, 0) is 13.0 Å². The van der Waals surface area contributed by atoms with Crippen LogP contribution in [-0.4, -0.2) is 11.7 Å². The Morgan fingerprint density at radius 3 is 2.70 bits per heavy atom. The van der Waals surface area contributed by atoms with Gasteiger partial charge in [-0.05, 0) is 31.0 Å². The number of nitrogens with zero attached hydrogens (tertiary/aromatic N) is 1. The van der Waals surface area contributed by atoms with Gasteiger partial charge in [-0.2, -0.15) is 5.26 Å². The number of hydrogen-bond acceptors (Lipinski definition) is 4. The van der Waals surface area contributed by atoms with Crippen molar-refractivity contribution in [1.29, 1.82) is 5.26 Å². The third-order valence-electron chi connectivity index (χ3n) is 4.05. The molecule has 1 amide bonds. The standard InChI is InChI=1S/C18H16N2O3/c1-11-16-14(21)3-2-4-15(16)23-17(11)18(22)20-10-13-7-5-12(9-19)6-8-13/h5-8H,2-4,10H2,1H3,(H,20,22). The summed E-state index contributed by atoms with van der Waals surface area (Å²) in [5.41, 5.74) is 2.68. The summed E-state index contributed by atoms with van der Waals surface area (Å²) in [6, 6.07) is 9.05. The van der Waals surface area contributed by atoms with Crippen LogP contribution in [0.25, 0.3) is 0 Å². The van der Waals surface area contributed by atoms with Crippen molar-refractivity contribution in [2.24, 2.45) is 0 Å². The van der Waals surface area contributed by atoms with Crippen LogP contribution in [0.3, 0.4) is 0 Å². The molecule has 1 aromatic heterocycles. The number of aryl methyl sites for hydroxylation is 1. The number of rotatable bonds is 3. The molecule has 3 rings (SSSR count). The number of amides is 1. The molecule has 1 aliphatic carbocycles. The first-order valence-corrected chi connectivity index (χ1v) is 7.53. The van der Waals surface area contributed by atoms with Crippen LogP contribution in [0.4, 0.5) is 0 Å². The normalized spacial score (nSPS) is 13.3. The van der Waals surface area contributed by atoms with Crippen molar-refractivity contribution >= 4 is 11.7 Å². The van der Waals surface area contributed by atoms with Gasteiger partial charge in [-0.25, -0.2) is 0 Å². The smallest absolute Gasteiger partial charge is 0.287 e. The topological polar surface area (TPSA) is 83.1 Å². The molecule has 0 fully saturated rings. The Morgan fingerprint density at radius 2 is 2.04 bits per heavy atom. The van der Waals surface area contributed by atoms with E-state index in [-0.39, 0.29) is 17.5 Å². The largest absolute Gasteiger partial charge is 0.455 e. The number of carbonyl (C=O) groups excluding carboxylic acids is 2. The number of hydrogen-bond donors (Lipinski definition) is 1. The van der Waals surface area contributed by atoms with Crippen LogP contribution in [0.5, 0.6) is 0 Å². The minimum absolute atomic E-state index is 0.0543. The molecule has 1 heterocycles. The molecular weight excluding hydrogens is 292 g/mol. The van der Waals surface area contributed by atoms with Crippen LogP contribution < -0.4 is 5.32 Å². The van der Waals surface area contributed by atoms with E-state index in [1.807, 2.05) is 6.07 Å². The van der Waals surface area contributed by atoms with Gasteiger partial charge in [0.15, 0.2) is 11.5 Å². The van der Waals surface area contributed by atoms with Gasteiger partial charge in [0.1, 0.15) is 5.76 Å². The van der Waals surface area contributed by atoms with Crippen molar-refractivity contribution < 1.29 is 14.0 Å². The Labute approximate surface area is 133 Å². The van der Waals surface area contributed by atoms with E-state index in [0.29, 0.717) is 41.8 Å². The van der Waals surface area contributed by atoms with Gasteiger partial charge in [0.05, 0.1) is 17.2 Å². The lowest BCUT2D eigenvalue weighted by molar-refractivity contribution is 0.0917. The number of nitrogens with one attached hydrogen (secondary N) is 1. The van der Waals surface area contributed by atoms with E-state index in [1.165, 1.54) is 0 Å². The maximum Gasteiger partial charge on any atom is 0.287 e. The minimum atomic E-state index is -0.325. The Kier molecular flexibility index (Phi) is 3.98. The molecule has 0 spiro atoms. The van der Waals surface area contributed by atoms with Crippen LogP contribution in [0.15, 0.2) is 28.7 Å². The summed E-state index contributed by atoms with van der Waals surface area (Å²) in [4.78, 5) is 24.3. The van der Waals surface area contributed by atoms with Crippen LogP contribution in [0.1, 0.15) is 56.2 Å². The zero-order valence-electron chi connectivity index (χ0n) is 12.8. The lowest BCUT2D eigenvalue weighted by atomic mass is 9.94. The van der Waals surface area contributed by atoms with Gasteiger partial charge in [-0.15, -0.1) is 0 Å². The molecule has 1 aromatic carbocycles. The van der Waals surface area contributed by atoms with E-state index in [9.17, 15) is 9.59 Å². The average molecular weight is 308 g/mol. The first kappa shape index (κ1) is 15.0. The fourth-order valence-corrected chi connectivity index (χ4v) is 2.82. The molecule has 0 aliphatic heterocycles. The summed E-state index contributed by atoms with van der Waals surface area (Å²) in [6.45, 7) is 2.09. The van der Waals surface area contributed by atoms with E-state index in [1.54, 1.807) is 31.2 Å². The molecule has 0 unspecified atom stereocenters. The van der Waals surface area contributed by atoms with E-state index in [4.69, 9.17) is 9.68 Å². The molecule has 116 valence electrons. The van der Waals surface area contributed by atoms with Gasteiger partial charge in [0, 0.05) is 24.9 Å². The van der Waals surface area contributed by atoms with Crippen molar-refractivity contribution in [3.05, 3.63) is 58.0 Å². The Morgan fingerprint density at radius 1 is 1.30 bits per heavy atom. The number of ketones is 1. The summed E-state index contributed by atoms with van der Waals surface area (Å²) in [5, 5.41) is 11.6. The van der Waals surface area contributed by atoms with Crippen molar-refractivity contribution in [1.82, 2.24) is 5.32 Å². The average Bonchev–Trinajstić information content (AvgIpc) is 2.91. The highest BCUT2D eigenvalue weighted by Gasteiger charge is 2.28. The van der Waals surface area contributed by atoms with Crippen molar-refractivity contribution in [3.8, 4) is 6.07 Å². The minimum Gasteiger partial charge on any atom is -0.455 e. The molecule has 5 nitrogen and oxygen atoms in total. The molecular formula is C18H16N2O3. The molecule has 2 aromatic rings. The van der Waals surface area contributed by atoms with Crippen molar-refractivity contribution in [2.75, 3.05) is 0 Å². The predicted octanol–water partition coefficient (Wildman–Crippen LogP) is 2.91. The molecule has 5 heteroatoms. The van der Waals surface area contributed by atoms with Gasteiger partial charge in [-0.1, -0.05) is 12.1 Å². The zero-order chi connectivity index (χ0) is 16.4. The maximum atomic E-state index is 12.3. The lowest BCUT2D eigenvalue weighted by Crippen LogP contribution is -2.23. The first-order valence-electron chi connectivity index (χ1n) is 7.53. The second kappa shape index (κ2) is 6.09. The molecule has 1 N–H and O–H groups in total. The lowest BCUT2D eigenvalue weighted by Gasteiger charge is -2.07. The first-order chi connectivity index (χ1) is 11.1. The highest BCUT2D eigenvalue weighted by atomic mass is 16.4. The van der Waals surface area contributed by atoms with Gasteiger partial charge in [0.2, 0.25) is 0 Å². The summed E-state index contributed by atoms with van der Waals surface area (Å²) in [6.07, 6.45) is 1.98. The fraction of sp³-hybridized carbons (Fsp3) is 0.278. The molecule has 1 aliphatic rings. The number of nitriles is 1. The monoisotopic (exact) mass is 308 g/mol. The van der Waals surface area contributed by atoms with Gasteiger partial charge in [0.25, 0.3) is 5.91 Å². The summed E-state index contributed by atoms with van der Waals surface area (Å²) in [7, 11) is 0. The predicted molar refractivity (Wildman–Crippen MR) is 83.0 cm³/mol. The molecule has 0 atom stereocenters. The van der Waals surface area contributed by atoms with Crippen LogP contribution in [0, 0.1) is 18.3 Å². The Hall–Kier alpha value is -2.87. The number of fused-ring (bicyclic) bond motifs is 1. The van der Waals surface area contributed by atoms with E-state index in [2.05, 4.69) is 5.32 Å². The Balaban J connectivity index is 1.73. The maximum absolute atomic E-state index is 12.3. The van der Waals surface area contributed by atoms with E-state index < -0.39 is 0 Å². The summed E-state index contributed by atoms with van der Waals surface area (Å²) < 4.78 is 5.62. The van der Waals surface area contributed by atoms with Crippen LogP contribution >= 0.6 is 0 Å². The van der Waals surface area contributed by atoms with Crippen LogP contribution in [0.2, 0.25) is 0 Å². The van der Waals surface area contributed by atoms with E-state index >= 15 is 0 Å². The number of furan rings is 1. The van der Waals surface area contributed by atoms with Gasteiger partial charge in [-0.3, -0.25) is 9.59 Å². The molecule has 0 radical (unpaired) electrons. The Bertz CT molecular complexity index is 810. The molecule has 0 saturated carbocycles. The van der Waals surface area contributed by atoms with Crippen molar-refractivity contribution in [3.63, 3.8) is 0 Å². The van der Waals surface area contributed by atoms with Gasteiger partial charge >= 0.3 is 0 Å². The second-order valence-corrected chi connectivity index (χ2v) is 5.62. The number of Topliss-reactive ketones (excluding diaryl/α,β-unsaturated/α-hetero) is 1. The van der Waals surface area contributed by atoms with E-state index in [0.717, 1.165) is 12.0 Å². The quantitative estimate of drug-likeness (QED) is 0.945. The number of benzene rings is 1. The molecule has 0 bridgehead atoms. The highest BCUT2D eigenvalue weighted by Crippen LogP contribution is 2.29. The second-order valence-electron chi connectivity index (χ2n) is 5.62. The number of carbonyl (C=O) groups is 2. The molecule has 0 saturated heterocycles. The van der Waals surface area contributed by atoms with Crippen molar-refractivity contribution in [2.45, 2.75) is 32.7 Å². The molecule has 23 heavy (non-hydrogen) atoms. The summed E-state index contributed by atoms with van der Waals surface area (Å²) >= 11 is 0. The zero-order valence-corrected chi connectivity index (χ0v) is 12.8. The SMILES string of the molecule is Cc1c(C(=O)NCc2ccc(C#N)cc2)oc2c1C(=O)CCC2. The third kappa shape index (κ3) is 2.88.